The highest BCUT2D eigenvalue weighted by Crippen LogP contribution is 2.12. The number of sulfone groups is 1. The number of nitrogens with one attached hydrogen (secondary N) is 2. The Morgan fingerprint density at radius 2 is 1.62 bits per heavy atom. The number of benzene rings is 2. The van der Waals surface area contributed by atoms with Crippen molar-refractivity contribution in [1.82, 2.24) is 10.6 Å². The molecule has 0 aliphatic heterocycles. The molecule has 2 aromatic carbocycles. The number of hydrogen-bond donors (Lipinski definition) is 2. The third-order valence-corrected chi connectivity index (χ3v) is 5.56. The van der Waals surface area contributed by atoms with Crippen molar-refractivity contribution in [1.29, 1.82) is 0 Å². The van der Waals surface area contributed by atoms with Gasteiger partial charge in [-0.25, -0.2) is 8.42 Å². The predicted molar refractivity (Wildman–Crippen MR) is 119 cm³/mol. The van der Waals surface area contributed by atoms with Crippen LogP contribution in [0.25, 0.3) is 0 Å². The molecule has 6 nitrogen and oxygen atoms in total. The summed E-state index contributed by atoms with van der Waals surface area (Å²) in [5.74, 6) is 1.67. The first-order chi connectivity index (χ1) is 13.9. The first-order valence-corrected chi connectivity index (χ1v) is 11.7. The minimum Gasteiger partial charge on any atom is -0.494 e. The molecule has 29 heavy (non-hydrogen) atoms. The maximum absolute atomic E-state index is 11.5. The number of guanidine groups is 1. The van der Waals surface area contributed by atoms with Gasteiger partial charge in [-0.05, 0) is 56.0 Å². The molecule has 2 rings (SSSR count). The zero-order chi connectivity index (χ0) is 21.1. The van der Waals surface area contributed by atoms with E-state index < -0.39 is 9.84 Å². The maximum atomic E-state index is 11.5. The van der Waals surface area contributed by atoms with E-state index in [1.54, 1.807) is 19.2 Å². The zero-order valence-corrected chi connectivity index (χ0v) is 18.3. The van der Waals surface area contributed by atoms with Gasteiger partial charge < -0.3 is 15.4 Å². The predicted octanol–water partition coefficient (Wildman–Crippen LogP) is 2.97. The number of ether oxygens (including phenoxy) is 1. The third-order valence-electron chi connectivity index (χ3n) is 4.43. The zero-order valence-electron chi connectivity index (χ0n) is 17.4. The van der Waals surface area contributed by atoms with Crippen LogP contribution in [0, 0.1) is 6.92 Å². The molecule has 0 unspecified atom stereocenters. The molecule has 7 heteroatoms. The van der Waals surface area contributed by atoms with Crippen molar-refractivity contribution in [3.63, 3.8) is 0 Å². The van der Waals surface area contributed by atoms with Gasteiger partial charge in [-0.3, -0.25) is 4.99 Å². The largest absolute Gasteiger partial charge is 0.494 e. The number of unbranched alkanes of at least 4 members (excludes halogenated alkanes) is 1. The fraction of sp³-hybridized carbons (Fsp3) is 0.409. The van der Waals surface area contributed by atoms with Gasteiger partial charge in [0, 0.05) is 26.4 Å². The van der Waals surface area contributed by atoms with Crippen LogP contribution in [-0.4, -0.2) is 47.4 Å². The summed E-state index contributed by atoms with van der Waals surface area (Å²) in [7, 11) is -1.40. The Balaban J connectivity index is 1.59. The van der Waals surface area contributed by atoms with Crippen molar-refractivity contribution in [2.24, 2.45) is 4.99 Å². The number of nitrogens with zero attached hydrogens (tertiary/aromatic N) is 1. The molecule has 158 valence electrons. The van der Waals surface area contributed by atoms with Crippen LogP contribution in [0.15, 0.2) is 58.4 Å². The number of aryl methyl sites for hydroxylation is 1. The Bertz CT molecular complexity index is 877. The van der Waals surface area contributed by atoms with Gasteiger partial charge in [-0.15, -0.1) is 0 Å². The Hall–Kier alpha value is -2.54. The molecule has 0 heterocycles. The molecule has 0 aromatic heterocycles. The molecule has 0 saturated heterocycles. The highest BCUT2D eigenvalue weighted by Gasteiger charge is 2.06. The van der Waals surface area contributed by atoms with Gasteiger partial charge in [-0.1, -0.05) is 29.8 Å². The lowest BCUT2D eigenvalue weighted by atomic mass is 10.1. The van der Waals surface area contributed by atoms with Gasteiger partial charge >= 0.3 is 0 Å². The Morgan fingerprint density at radius 1 is 0.966 bits per heavy atom. The minimum absolute atomic E-state index is 0.345. The van der Waals surface area contributed by atoms with Crippen molar-refractivity contribution >= 4 is 15.8 Å². The van der Waals surface area contributed by atoms with Crippen LogP contribution in [0.1, 0.15) is 24.0 Å². The minimum atomic E-state index is -3.15. The highest BCUT2D eigenvalue weighted by molar-refractivity contribution is 7.90. The first-order valence-electron chi connectivity index (χ1n) is 9.81. The monoisotopic (exact) mass is 417 g/mol. The quantitative estimate of drug-likeness (QED) is 0.353. The average molecular weight is 418 g/mol. The Morgan fingerprint density at radius 3 is 2.24 bits per heavy atom. The molecule has 0 atom stereocenters. The summed E-state index contributed by atoms with van der Waals surface area (Å²) in [6.45, 7) is 4.29. The summed E-state index contributed by atoms with van der Waals surface area (Å²) in [5, 5.41) is 6.57. The second kappa shape index (κ2) is 11.5. The SMILES string of the molecule is CN=C(NCCCCOc1ccc(C)cc1)NCCc1ccc(S(C)(=O)=O)cc1. The van der Waals surface area contributed by atoms with E-state index >= 15 is 0 Å². The molecule has 0 amide bonds. The molecule has 0 bridgehead atoms. The van der Waals surface area contributed by atoms with E-state index in [2.05, 4.69) is 22.5 Å². The molecule has 0 spiro atoms. The van der Waals surface area contributed by atoms with Crippen LogP contribution in [0.4, 0.5) is 0 Å². The fourth-order valence-corrected chi connectivity index (χ4v) is 3.34. The van der Waals surface area contributed by atoms with Crippen LogP contribution < -0.4 is 15.4 Å². The summed E-state index contributed by atoms with van der Waals surface area (Å²) in [6, 6.07) is 15.1. The van der Waals surface area contributed by atoms with Crippen LogP contribution >= 0.6 is 0 Å². The lowest BCUT2D eigenvalue weighted by Crippen LogP contribution is -2.38. The van der Waals surface area contributed by atoms with Gasteiger partial charge in [0.25, 0.3) is 0 Å². The molecular formula is C22H31N3O3S. The van der Waals surface area contributed by atoms with Gasteiger partial charge in [0.2, 0.25) is 0 Å². The number of aliphatic imine (C=N–C) groups is 1. The molecule has 0 saturated carbocycles. The van der Waals surface area contributed by atoms with Gasteiger partial charge in [0.05, 0.1) is 11.5 Å². The van der Waals surface area contributed by atoms with E-state index in [1.807, 2.05) is 36.4 Å². The van der Waals surface area contributed by atoms with E-state index in [0.717, 1.165) is 43.1 Å². The molecular weight excluding hydrogens is 386 g/mol. The number of hydrogen-bond acceptors (Lipinski definition) is 4. The van der Waals surface area contributed by atoms with Gasteiger partial charge in [0.1, 0.15) is 5.75 Å². The lowest BCUT2D eigenvalue weighted by Gasteiger charge is -2.12. The highest BCUT2D eigenvalue weighted by atomic mass is 32.2. The standard InChI is InChI=1S/C22H31N3O3S/c1-18-6-10-20(11-7-18)28-17-5-4-15-24-22(23-2)25-16-14-19-8-12-21(13-9-19)29(3,26)27/h6-13H,4-5,14-17H2,1-3H3,(H2,23,24,25). The summed E-state index contributed by atoms with van der Waals surface area (Å²) < 4.78 is 28.7. The van der Waals surface area contributed by atoms with Crippen molar-refractivity contribution in [3.05, 3.63) is 59.7 Å². The normalized spacial score (nSPS) is 11.9. The van der Waals surface area contributed by atoms with Crippen molar-refractivity contribution in [3.8, 4) is 5.75 Å². The van der Waals surface area contributed by atoms with Gasteiger partial charge in [0.15, 0.2) is 15.8 Å². The van der Waals surface area contributed by atoms with Crippen LogP contribution in [0.5, 0.6) is 5.75 Å². The van der Waals surface area contributed by atoms with E-state index in [4.69, 9.17) is 4.74 Å². The fourth-order valence-electron chi connectivity index (χ4n) is 2.71. The van der Waals surface area contributed by atoms with Crippen molar-refractivity contribution < 1.29 is 13.2 Å². The average Bonchev–Trinajstić information content (AvgIpc) is 2.70. The molecule has 0 aliphatic rings. The van der Waals surface area contributed by atoms with E-state index in [9.17, 15) is 8.42 Å². The van der Waals surface area contributed by atoms with Crippen molar-refractivity contribution in [2.75, 3.05) is 33.0 Å². The molecule has 0 aliphatic carbocycles. The topological polar surface area (TPSA) is 79.8 Å². The summed E-state index contributed by atoms with van der Waals surface area (Å²) in [5.41, 5.74) is 2.31. The summed E-state index contributed by atoms with van der Waals surface area (Å²) >= 11 is 0. The second-order valence-corrected chi connectivity index (χ2v) is 8.98. The second-order valence-electron chi connectivity index (χ2n) is 6.96. The molecule has 0 radical (unpaired) electrons. The lowest BCUT2D eigenvalue weighted by molar-refractivity contribution is 0.307. The van der Waals surface area contributed by atoms with Crippen molar-refractivity contribution in [2.45, 2.75) is 31.1 Å². The molecule has 0 fully saturated rings. The number of rotatable bonds is 10. The van der Waals surface area contributed by atoms with Crippen LogP contribution in [0.2, 0.25) is 0 Å². The third kappa shape index (κ3) is 8.56. The smallest absolute Gasteiger partial charge is 0.190 e. The molecule has 2 N–H and O–H groups in total. The maximum Gasteiger partial charge on any atom is 0.190 e. The first kappa shape index (κ1) is 22.7. The van der Waals surface area contributed by atoms with Gasteiger partial charge in [-0.2, -0.15) is 0 Å². The van der Waals surface area contributed by atoms with Crippen LogP contribution in [0.3, 0.4) is 0 Å². The van der Waals surface area contributed by atoms with Crippen LogP contribution in [-0.2, 0) is 16.3 Å². The Kier molecular flexibility index (Phi) is 8.99. The van der Waals surface area contributed by atoms with E-state index in [-0.39, 0.29) is 0 Å². The van der Waals surface area contributed by atoms with E-state index in [1.165, 1.54) is 11.8 Å². The summed E-state index contributed by atoms with van der Waals surface area (Å²) in [6.07, 6.45) is 3.95. The Labute approximate surface area is 174 Å². The van der Waals surface area contributed by atoms with E-state index in [0.29, 0.717) is 18.0 Å². The summed E-state index contributed by atoms with van der Waals surface area (Å²) in [4.78, 5) is 4.57. The molecule has 2 aromatic rings.